The molecule has 4 aromatic carbocycles. The van der Waals surface area contributed by atoms with Gasteiger partial charge in [-0.1, -0.05) is 72.8 Å². The summed E-state index contributed by atoms with van der Waals surface area (Å²) < 4.78 is 24.6. The average Bonchev–Trinajstić information content (AvgIpc) is 3.47. The van der Waals surface area contributed by atoms with E-state index in [0.717, 1.165) is 4.57 Å². The van der Waals surface area contributed by atoms with Crippen molar-refractivity contribution in [3.05, 3.63) is 166 Å². The number of ether oxygens (including phenoxy) is 4. The van der Waals surface area contributed by atoms with Crippen LogP contribution in [0.25, 0.3) is 0 Å². The number of hydrogen-bond donors (Lipinski definition) is 1. The van der Waals surface area contributed by atoms with Crippen molar-refractivity contribution in [2.24, 2.45) is 0 Å². The first kappa shape index (κ1) is 32.5. The maximum atomic E-state index is 13.4. The minimum atomic E-state index is -1.41. The fourth-order valence-corrected chi connectivity index (χ4v) is 5.14. The molecule has 0 spiro atoms. The van der Waals surface area contributed by atoms with Crippen LogP contribution in [0.15, 0.2) is 138 Å². The lowest BCUT2D eigenvalue weighted by molar-refractivity contribution is -0.0639. The number of aromatic nitrogens is 2. The molecule has 0 saturated carbocycles. The van der Waals surface area contributed by atoms with Gasteiger partial charge in [0, 0.05) is 11.8 Å². The summed E-state index contributed by atoms with van der Waals surface area (Å²) in [4.78, 5) is 69.7. The molecule has 1 aliphatic heterocycles. The van der Waals surface area contributed by atoms with Gasteiger partial charge in [0.1, 0.15) is 18.5 Å². The van der Waals surface area contributed by atoms with E-state index in [1.54, 1.807) is 109 Å². The summed E-state index contributed by atoms with van der Waals surface area (Å²) in [6, 6.07) is 34.2. The van der Waals surface area contributed by atoms with Crippen LogP contribution in [0.5, 0.6) is 0 Å². The number of hydrogen-bond acceptors (Lipinski definition) is 10. The third-order valence-corrected chi connectivity index (χ3v) is 7.56. The fourth-order valence-electron chi connectivity index (χ4n) is 5.14. The van der Waals surface area contributed by atoms with Crippen LogP contribution in [0.4, 0.5) is 5.82 Å². The second-order valence-corrected chi connectivity index (χ2v) is 10.8. The molecule has 1 amide bonds. The smallest absolute Gasteiger partial charge is 0.351 e. The van der Waals surface area contributed by atoms with Crippen LogP contribution in [0.1, 0.15) is 47.7 Å². The van der Waals surface area contributed by atoms with Crippen molar-refractivity contribution in [1.82, 2.24) is 9.55 Å². The van der Waals surface area contributed by atoms with Gasteiger partial charge in [0.15, 0.2) is 18.4 Å². The van der Waals surface area contributed by atoms with Crippen molar-refractivity contribution in [3.8, 4) is 0 Å². The fraction of sp³-hybridized carbons (Fsp3) is 0.135. The zero-order valence-corrected chi connectivity index (χ0v) is 25.8. The molecular formula is C37H29N3O9. The van der Waals surface area contributed by atoms with Gasteiger partial charge in [0.05, 0.1) is 16.7 Å². The third-order valence-electron chi connectivity index (χ3n) is 7.56. The quantitative estimate of drug-likeness (QED) is 0.165. The van der Waals surface area contributed by atoms with Crippen LogP contribution >= 0.6 is 0 Å². The Morgan fingerprint density at radius 2 is 1.10 bits per heavy atom. The summed E-state index contributed by atoms with van der Waals surface area (Å²) in [6.07, 6.45) is -4.04. The number of nitrogens with zero attached hydrogens (tertiary/aromatic N) is 2. The van der Waals surface area contributed by atoms with Crippen molar-refractivity contribution >= 4 is 29.6 Å². The van der Waals surface area contributed by atoms with E-state index < -0.39 is 60.7 Å². The average molecular weight is 660 g/mol. The Hall–Kier alpha value is -6.40. The van der Waals surface area contributed by atoms with Crippen molar-refractivity contribution in [3.63, 3.8) is 0 Å². The number of rotatable bonds is 10. The van der Waals surface area contributed by atoms with Crippen molar-refractivity contribution in [1.29, 1.82) is 0 Å². The van der Waals surface area contributed by atoms with Crippen molar-refractivity contribution < 1.29 is 38.1 Å². The van der Waals surface area contributed by atoms with Gasteiger partial charge in [-0.2, -0.15) is 4.98 Å². The molecule has 1 aromatic heterocycles. The SMILES string of the molecule is O=C(Nc1ccn([C@@H]2O[C@H](COC(=O)c3ccccc3)[C@@H](OC(=O)c3ccccc3)[C@H]2OC(=O)c2ccccc2)c(=O)n1)c1ccccc1. The highest BCUT2D eigenvalue weighted by atomic mass is 16.7. The first-order valence-corrected chi connectivity index (χ1v) is 15.2. The van der Waals surface area contributed by atoms with E-state index in [0.29, 0.717) is 5.56 Å². The van der Waals surface area contributed by atoms with E-state index in [-0.39, 0.29) is 22.5 Å². The van der Waals surface area contributed by atoms with Crippen LogP contribution in [0.3, 0.4) is 0 Å². The molecular weight excluding hydrogens is 630 g/mol. The van der Waals surface area contributed by atoms with Gasteiger partial charge < -0.3 is 24.3 Å². The standard InChI is InChI=1S/C37H29N3O9/c41-32(24-13-5-1-6-14-24)38-29-21-22-40(37(45)39-29)33-31(49-36(44)27-19-11-4-12-20-27)30(48-35(43)26-17-9-3-10-18-26)28(47-33)23-46-34(42)25-15-7-2-8-16-25/h1-22,28,30-31,33H,23H2,(H,38,39,41,45)/t28-,30-,31-,33-/m1/s1. The molecule has 12 nitrogen and oxygen atoms in total. The monoisotopic (exact) mass is 659 g/mol. The predicted octanol–water partition coefficient (Wildman–Crippen LogP) is 4.70. The highest BCUT2D eigenvalue weighted by Crippen LogP contribution is 2.35. The second kappa shape index (κ2) is 15.0. The van der Waals surface area contributed by atoms with Gasteiger partial charge in [0.2, 0.25) is 0 Å². The number of esters is 3. The predicted molar refractivity (Wildman–Crippen MR) is 175 cm³/mol. The summed E-state index contributed by atoms with van der Waals surface area (Å²) in [6.45, 7) is -0.427. The molecule has 2 heterocycles. The topological polar surface area (TPSA) is 152 Å². The second-order valence-electron chi connectivity index (χ2n) is 10.8. The molecule has 1 saturated heterocycles. The van der Waals surface area contributed by atoms with Crippen molar-refractivity contribution in [2.45, 2.75) is 24.5 Å². The number of nitrogens with one attached hydrogen (secondary N) is 1. The Morgan fingerprint density at radius 3 is 1.61 bits per heavy atom. The Morgan fingerprint density at radius 1 is 0.633 bits per heavy atom. The molecule has 5 aromatic rings. The van der Waals surface area contributed by atoms with E-state index in [1.165, 1.54) is 24.4 Å². The lowest BCUT2D eigenvalue weighted by Gasteiger charge is -2.25. The van der Waals surface area contributed by atoms with E-state index >= 15 is 0 Å². The number of amides is 1. The minimum absolute atomic E-state index is 0.0358. The summed E-state index contributed by atoms with van der Waals surface area (Å²) in [5.74, 6) is -2.73. The summed E-state index contributed by atoms with van der Waals surface area (Å²) in [5.41, 5.74) is 0.160. The Bertz CT molecular complexity index is 1990. The molecule has 0 aliphatic carbocycles. The van der Waals surface area contributed by atoms with E-state index in [9.17, 15) is 24.0 Å². The molecule has 49 heavy (non-hydrogen) atoms. The minimum Gasteiger partial charge on any atom is -0.459 e. The zero-order chi connectivity index (χ0) is 34.2. The van der Waals surface area contributed by atoms with E-state index in [2.05, 4.69) is 10.3 Å². The maximum absolute atomic E-state index is 13.4. The molecule has 6 rings (SSSR count). The lowest BCUT2D eigenvalue weighted by Crippen LogP contribution is -2.42. The number of carbonyl (C=O) groups excluding carboxylic acids is 4. The highest BCUT2D eigenvalue weighted by molar-refractivity contribution is 6.03. The largest absolute Gasteiger partial charge is 0.459 e. The van der Waals surface area contributed by atoms with Gasteiger partial charge in [-0.05, 0) is 54.6 Å². The Kier molecular flexibility index (Phi) is 9.96. The van der Waals surface area contributed by atoms with Crippen LogP contribution in [-0.4, -0.2) is 58.3 Å². The van der Waals surface area contributed by atoms with Crippen molar-refractivity contribution in [2.75, 3.05) is 11.9 Å². The summed E-state index contributed by atoms with van der Waals surface area (Å²) in [5, 5.41) is 2.58. The Labute approximate surface area is 279 Å². The van der Waals surface area contributed by atoms with Gasteiger partial charge in [0.25, 0.3) is 5.91 Å². The molecule has 0 unspecified atom stereocenters. The lowest BCUT2D eigenvalue weighted by atomic mass is 10.1. The van der Waals surface area contributed by atoms with Gasteiger partial charge in [-0.3, -0.25) is 9.36 Å². The molecule has 1 aliphatic rings. The Balaban J connectivity index is 1.33. The molecule has 1 N–H and O–H groups in total. The van der Waals surface area contributed by atoms with E-state index in [1.807, 2.05) is 0 Å². The first-order chi connectivity index (χ1) is 23.9. The molecule has 0 radical (unpaired) electrons. The van der Waals surface area contributed by atoms with Crippen LogP contribution in [0, 0.1) is 0 Å². The van der Waals surface area contributed by atoms with Crippen LogP contribution < -0.4 is 11.0 Å². The van der Waals surface area contributed by atoms with E-state index in [4.69, 9.17) is 18.9 Å². The maximum Gasteiger partial charge on any atom is 0.351 e. The zero-order valence-electron chi connectivity index (χ0n) is 25.8. The van der Waals surface area contributed by atoms with Gasteiger partial charge in [-0.15, -0.1) is 0 Å². The molecule has 0 bridgehead atoms. The van der Waals surface area contributed by atoms with Crippen LogP contribution in [-0.2, 0) is 18.9 Å². The molecule has 12 heteroatoms. The molecule has 4 atom stereocenters. The van der Waals surface area contributed by atoms with Gasteiger partial charge in [-0.25, -0.2) is 19.2 Å². The first-order valence-electron chi connectivity index (χ1n) is 15.2. The number of carbonyl (C=O) groups is 4. The normalized spacial score (nSPS) is 18.2. The molecule has 246 valence electrons. The molecule has 1 fully saturated rings. The summed E-state index contributed by atoms with van der Waals surface area (Å²) in [7, 11) is 0. The summed E-state index contributed by atoms with van der Waals surface area (Å²) >= 11 is 0. The van der Waals surface area contributed by atoms with Crippen LogP contribution in [0.2, 0.25) is 0 Å². The van der Waals surface area contributed by atoms with Gasteiger partial charge >= 0.3 is 23.6 Å². The number of anilines is 1. The third kappa shape index (κ3) is 7.77. The highest BCUT2D eigenvalue weighted by Gasteiger charge is 2.51. The number of benzene rings is 4.